The summed E-state index contributed by atoms with van der Waals surface area (Å²) in [7, 11) is 0. The summed E-state index contributed by atoms with van der Waals surface area (Å²) in [5.74, 6) is 0. The van der Waals surface area contributed by atoms with Crippen molar-refractivity contribution >= 4 is 41.2 Å². The zero-order valence-electron chi connectivity index (χ0n) is 24.3. The molecule has 0 bridgehead atoms. The Morgan fingerprint density at radius 2 is 1.43 bits per heavy atom. The van der Waals surface area contributed by atoms with E-state index in [2.05, 4.69) is 106 Å². The fraction of sp³-hybridized carbons (Fsp3) is 0.243. The van der Waals surface area contributed by atoms with E-state index in [0.29, 0.717) is 0 Å². The van der Waals surface area contributed by atoms with Crippen molar-refractivity contribution in [2.75, 3.05) is 0 Å². The molecule has 0 fully saturated rings. The second kappa shape index (κ2) is 16.4. The summed E-state index contributed by atoms with van der Waals surface area (Å²) in [6.07, 6.45) is 21.4. The Balaban J connectivity index is 0.000000392. The molecule has 0 spiro atoms. The smallest absolute Gasteiger partial charge is 0.171 e. The Bertz CT molecular complexity index is 1240. The van der Waals surface area contributed by atoms with Crippen molar-refractivity contribution in [3.63, 3.8) is 0 Å². The third-order valence-electron chi connectivity index (χ3n) is 7.05. The summed E-state index contributed by atoms with van der Waals surface area (Å²) in [4.78, 5) is 0. The molecule has 210 valence electrons. The maximum absolute atomic E-state index is 3.50. The second-order valence-electron chi connectivity index (χ2n) is 10.4. The van der Waals surface area contributed by atoms with Gasteiger partial charge in [-0.15, -0.1) is 42.9 Å². The number of allylic oxidation sites excluding steroid dienone is 6. The zero-order valence-corrected chi connectivity index (χ0v) is 28.4. The van der Waals surface area contributed by atoms with Gasteiger partial charge in [0.15, 0.2) is 0 Å². The van der Waals surface area contributed by atoms with E-state index in [1.165, 1.54) is 68.7 Å². The Kier molecular flexibility index (Phi) is 14.8. The van der Waals surface area contributed by atoms with Crippen LogP contribution in [-0.4, -0.2) is 4.21 Å². The minimum atomic E-state index is 0. The Hall–Kier alpha value is -2.05. The van der Waals surface area contributed by atoms with Gasteiger partial charge in [0.25, 0.3) is 0 Å². The molecule has 40 heavy (non-hydrogen) atoms. The zero-order chi connectivity index (χ0) is 27.8. The van der Waals surface area contributed by atoms with Crippen LogP contribution >= 0.6 is 24.8 Å². The van der Waals surface area contributed by atoms with Gasteiger partial charge in [0.2, 0.25) is 0 Å². The van der Waals surface area contributed by atoms with Crippen LogP contribution in [0.2, 0.25) is 0 Å². The molecule has 0 unspecified atom stereocenters. The van der Waals surface area contributed by atoms with Crippen molar-refractivity contribution in [3.8, 4) is 11.1 Å². The van der Waals surface area contributed by atoms with Crippen LogP contribution in [-0.2, 0) is 41.5 Å². The van der Waals surface area contributed by atoms with Crippen molar-refractivity contribution in [1.82, 2.24) is 0 Å². The van der Waals surface area contributed by atoms with Crippen molar-refractivity contribution in [1.29, 1.82) is 0 Å². The Labute approximate surface area is 270 Å². The minimum Gasteiger partial charge on any atom is -0.184 e. The first-order valence-electron chi connectivity index (χ1n) is 13.2. The van der Waals surface area contributed by atoms with Crippen LogP contribution in [0.25, 0.3) is 23.3 Å². The van der Waals surface area contributed by atoms with E-state index in [1.807, 2.05) is 42.5 Å². The summed E-state index contributed by atoms with van der Waals surface area (Å²) < 4.78 is 3.34. The summed E-state index contributed by atoms with van der Waals surface area (Å²) in [6.45, 7) is 14.1. The van der Waals surface area contributed by atoms with Gasteiger partial charge in [0.05, 0.1) is 0 Å². The SMILES string of the molecule is CC1(C)[C-]=Cc2cc3c(cc21)Cc1cc2c(cc1-3)C=CC2(C)C.Cl.Cl.[C-]1=CC=CC1.[CH2-]C.[CH2]=[Zr].[c-]1ccccc1. The van der Waals surface area contributed by atoms with Crippen molar-refractivity contribution < 1.29 is 24.2 Å². The maximum atomic E-state index is 3.50. The molecular formula is C37H40Cl2Zr-4. The van der Waals surface area contributed by atoms with Gasteiger partial charge in [-0.05, 0) is 45.9 Å². The van der Waals surface area contributed by atoms with Crippen molar-refractivity contribution in [2.24, 2.45) is 0 Å². The third kappa shape index (κ3) is 8.25. The van der Waals surface area contributed by atoms with Crippen molar-refractivity contribution in [3.05, 3.63) is 137 Å². The van der Waals surface area contributed by atoms with Crippen LogP contribution in [0.3, 0.4) is 0 Å². The summed E-state index contributed by atoms with van der Waals surface area (Å²) in [5, 5.41) is 0. The number of rotatable bonds is 0. The Morgan fingerprint density at radius 3 is 1.90 bits per heavy atom. The quantitative estimate of drug-likeness (QED) is 0.167. The summed E-state index contributed by atoms with van der Waals surface area (Å²) in [6, 6.07) is 22.2. The van der Waals surface area contributed by atoms with Gasteiger partial charge in [0.1, 0.15) is 0 Å². The largest absolute Gasteiger partial charge is 0.184 e. The van der Waals surface area contributed by atoms with Crippen LogP contribution in [0.5, 0.6) is 0 Å². The average Bonchev–Trinajstić information content (AvgIpc) is 3.74. The van der Waals surface area contributed by atoms with E-state index >= 15 is 0 Å². The molecular weight excluding hydrogens is 607 g/mol. The van der Waals surface area contributed by atoms with Gasteiger partial charge in [-0.1, -0.05) is 57.4 Å². The van der Waals surface area contributed by atoms with Gasteiger partial charge >= 0.3 is 28.4 Å². The first kappa shape index (κ1) is 36.0. The molecule has 3 aromatic carbocycles. The molecule has 3 aromatic rings. The molecule has 4 aliphatic rings. The molecule has 0 saturated carbocycles. The number of benzene rings is 3. The maximum Gasteiger partial charge on any atom is -0.171 e. The molecule has 0 nitrogen and oxygen atoms in total. The molecule has 0 N–H and O–H groups in total. The fourth-order valence-electron chi connectivity index (χ4n) is 5.08. The predicted molar refractivity (Wildman–Crippen MR) is 177 cm³/mol. The average molecular weight is 647 g/mol. The van der Waals surface area contributed by atoms with E-state index in [-0.39, 0.29) is 35.6 Å². The molecule has 0 aromatic heterocycles. The van der Waals surface area contributed by atoms with E-state index in [4.69, 9.17) is 0 Å². The second-order valence-corrected chi connectivity index (χ2v) is 10.4. The molecule has 4 aliphatic carbocycles. The molecule has 0 atom stereocenters. The van der Waals surface area contributed by atoms with Crippen LogP contribution in [0.15, 0.2) is 78.9 Å². The molecule has 3 heteroatoms. The number of halogens is 2. The third-order valence-corrected chi connectivity index (χ3v) is 7.05. The number of hydrogen-bond donors (Lipinski definition) is 0. The Morgan fingerprint density at radius 1 is 0.825 bits per heavy atom. The molecule has 0 saturated heterocycles. The van der Waals surface area contributed by atoms with Gasteiger partial charge in [-0.25, -0.2) is 18.2 Å². The predicted octanol–water partition coefficient (Wildman–Crippen LogP) is 10.1. The topological polar surface area (TPSA) is 0 Å². The first-order valence-corrected chi connectivity index (χ1v) is 14.9. The minimum absolute atomic E-state index is 0. The molecule has 0 amide bonds. The molecule has 7 rings (SSSR count). The normalized spacial score (nSPS) is 15.3. The van der Waals surface area contributed by atoms with E-state index < -0.39 is 0 Å². The van der Waals surface area contributed by atoms with Gasteiger partial charge in [-0.2, -0.15) is 55.0 Å². The monoisotopic (exact) mass is 644 g/mol. The van der Waals surface area contributed by atoms with Gasteiger partial charge in [0, 0.05) is 5.41 Å². The molecule has 0 radical (unpaired) electrons. The number of hydrogen-bond acceptors (Lipinski definition) is 0. The van der Waals surface area contributed by atoms with Crippen LogP contribution in [0, 0.1) is 25.1 Å². The van der Waals surface area contributed by atoms with Gasteiger partial charge in [-0.3, -0.25) is 12.2 Å². The number of fused-ring (bicyclic) bond motifs is 5. The molecule has 0 heterocycles. The molecule has 0 aliphatic heterocycles. The standard InChI is InChI=1S/C23H21.C6H5.C5H5.C2H5.CH2.2ClH.Zr/c1-22(2)7-5-14-10-18-16(12-20(14)22)9-17-13-21-15(11-19(17)18)6-8-23(21,3)4;1-2-4-6-5-3-1;1-2-4-5-3-1;1-2;;;;/h5-7,10-13H,9H2,1-4H3;1-5H;1-3H,4H2;1H2,2H3;1H2;2*1H;/q4*-1;;;;. The first-order chi connectivity index (χ1) is 18.4. The fourth-order valence-corrected chi connectivity index (χ4v) is 5.08. The van der Waals surface area contributed by atoms with Gasteiger partial charge < -0.3 is 6.92 Å². The van der Waals surface area contributed by atoms with Crippen LogP contribution in [0.1, 0.15) is 74.4 Å². The van der Waals surface area contributed by atoms with E-state index in [0.717, 1.165) is 12.8 Å². The summed E-state index contributed by atoms with van der Waals surface area (Å²) >= 11 is 1.30. The van der Waals surface area contributed by atoms with E-state index in [9.17, 15) is 0 Å². The summed E-state index contributed by atoms with van der Waals surface area (Å²) in [5.41, 5.74) is 11.7. The van der Waals surface area contributed by atoms with E-state index in [1.54, 1.807) is 6.92 Å². The van der Waals surface area contributed by atoms with Crippen LogP contribution < -0.4 is 0 Å². The van der Waals surface area contributed by atoms with Crippen molar-refractivity contribution in [2.45, 2.75) is 58.3 Å². The van der Waals surface area contributed by atoms with Crippen LogP contribution in [0.4, 0.5) is 0 Å².